The topological polar surface area (TPSA) is 55.8 Å². The summed E-state index contributed by atoms with van der Waals surface area (Å²) in [6.45, 7) is 1.13. The average molecular weight is 365 g/mol. The van der Waals surface area contributed by atoms with Crippen LogP contribution in [0.1, 0.15) is 24.8 Å². The van der Waals surface area contributed by atoms with Gasteiger partial charge < -0.3 is 9.47 Å². The maximum Gasteiger partial charge on any atom is 0.419 e. The van der Waals surface area contributed by atoms with Gasteiger partial charge in [-0.3, -0.25) is 9.69 Å². The number of benzene rings is 2. The standard InChI is InChI=1S/C22H23NO4/c24-20-13-14-23(22(25)27-21-11-5-2-6-12-21)19(16-20)10-7-15-26-17-18-8-3-1-4-9-18/h1-6,8-9,11-14,19H,7,10,15-17H2. The lowest BCUT2D eigenvalue weighted by Crippen LogP contribution is -2.41. The van der Waals surface area contributed by atoms with Crippen molar-refractivity contribution in [2.24, 2.45) is 0 Å². The molecule has 0 bridgehead atoms. The van der Waals surface area contributed by atoms with E-state index in [-0.39, 0.29) is 11.8 Å². The zero-order chi connectivity index (χ0) is 18.9. The lowest BCUT2D eigenvalue weighted by Gasteiger charge is -2.30. The van der Waals surface area contributed by atoms with Crippen LogP contribution in [0.15, 0.2) is 72.9 Å². The second kappa shape index (κ2) is 9.69. The number of rotatable bonds is 7. The predicted molar refractivity (Wildman–Crippen MR) is 102 cm³/mol. The molecular formula is C22H23NO4. The van der Waals surface area contributed by atoms with Crippen molar-refractivity contribution >= 4 is 11.9 Å². The van der Waals surface area contributed by atoms with Gasteiger partial charge in [0, 0.05) is 25.3 Å². The molecule has 1 aliphatic heterocycles. The van der Waals surface area contributed by atoms with Crippen molar-refractivity contribution in [2.75, 3.05) is 6.61 Å². The summed E-state index contributed by atoms with van der Waals surface area (Å²) in [4.78, 5) is 25.8. The van der Waals surface area contributed by atoms with Gasteiger partial charge in [0.25, 0.3) is 0 Å². The largest absolute Gasteiger partial charge is 0.419 e. The van der Waals surface area contributed by atoms with Crippen LogP contribution in [0.4, 0.5) is 4.79 Å². The Morgan fingerprint density at radius 1 is 1.04 bits per heavy atom. The van der Waals surface area contributed by atoms with Crippen LogP contribution in [0, 0.1) is 0 Å². The van der Waals surface area contributed by atoms with Crippen LogP contribution in [-0.4, -0.2) is 29.4 Å². The number of hydrogen-bond donors (Lipinski definition) is 0. The molecule has 1 heterocycles. The highest BCUT2D eigenvalue weighted by Gasteiger charge is 2.28. The molecule has 5 heteroatoms. The van der Waals surface area contributed by atoms with Crippen LogP contribution in [0.2, 0.25) is 0 Å². The lowest BCUT2D eigenvalue weighted by atomic mass is 10.0. The third kappa shape index (κ3) is 5.79. The molecule has 1 atom stereocenters. The molecule has 0 saturated carbocycles. The fourth-order valence-corrected chi connectivity index (χ4v) is 2.96. The van der Waals surface area contributed by atoms with E-state index in [4.69, 9.17) is 9.47 Å². The number of ketones is 1. The van der Waals surface area contributed by atoms with Crippen molar-refractivity contribution < 1.29 is 19.1 Å². The maximum atomic E-state index is 12.5. The van der Waals surface area contributed by atoms with Gasteiger partial charge in [-0.05, 0) is 36.6 Å². The van der Waals surface area contributed by atoms with Crippen molar-refractivity contribution in [3.05, 3.63) is 78.5 Å². The monoisotopic (exact) mass is 365 g/mol. The van der Waals surface area contributed by atoms with Gasteiger partial charge in [0.05, 0.1) is 6.61 Å². The van der Waals surface area contributed by atoms with Gasteiger partial charge in [-0.15, -0.1) is 0 Å². The van der Waals surface area contributed by atoms with E-state index < -0.39 is 6.09 Å². The summed E-state index contributed by atoms with van der Waals surface area (Å²) in [6, 6.07) is 18.7. The van der Waals surface area contributed by atoms with Crippen LogP contribution in [0.3, 0.4) is 0 Å². The SMILES string of the molecule is O=C1C=CN(C(=O)Oc2ccccc2)C(CCCOCc2ccccc2)C1. The van der Waals surface area contributed by atoms with E-state index in [0.717, 1.165) is 12.0 Å². The van der Waals surface area contributed by atoms with Gasteiger partial charge in [-0.25, -0.2) is 4.79 Å². The molecule has 1 unspecified atom stereocenters. The first-order valence-corrected chi connectivity index (χ1v) is 9.10. The van der Waals surface area contributed by atoms with Crippen LogP contribution < -0.4 is 4.74 Å². The molecule has 0 aliphatic carbocycles. The molecule has 3 rings (SSSR count). The molecule has 5 nitrogen and oxygen atoms in total. The van der Waals surface area contributed by atoms with Crippen molar-refractivity contribution in [3.8, 4) is 5.75 Å². The fourth-order valence-electron chi connectivity index (χ4n) is 2.96. The Bertz CT molecular complexity index is 773. The Morgan fingerprint density at radius 3 is 2.48 bits per heavy atom. The molecule has 140 valence electrons. The highest BCUT2D eigenvalue weighted by molar-refractivity contribution is 5.92. The van der Waals surface area contributed by atoms with Crippen LogP contribution in [-0.2, 0) is 16.1 Å². The van der Waals surface area contributed by atoms with Crippen LogP contribution in [0.25, 0.3) is 0 Å². The second-order valence-corrected chi connectivity index (χ2v) is 6.41. The van der Waals surface area contributed by atoms with Gasteiger partial charge >= 0.3 is 6.09 Å². The zero-order valence-corrected chi connectivity index (χ0v) is 15.1. The normalized spacial score (nSPS) is 16.4. The van der Waals surface area contributed by atoms with Gasteiger partial charge in [0.1, 0.15) is 5.75 Å². The Kier molecular flexibility index (Phi) is 6.77. The molecule has 0 aromatic heterocycles. The minimum absolute atomic E-state index is 0.0222. The molecular weight excluding hydrogens is 342 g/mol. The highest BCUT2D eigenvalue weighted by Crippen LogP contribution is 2.20. The summed E-state index contributed by atoms with van der Waals surface area (Å²) in [6.07, 6.45) is 4.21. The third-order valence-corrected chi connectivity index (χ3v) is 4.35. The number of para-hydroxylation sites is 1. The third-order valence-electron chi connectivity index (χ3n) is 4.35. The number of nitrogens with zero attached hydrogens (tertiary/aromatic N) is 1. The van der Waals surface area contributed by atoms with E-state index in [1.54, 1.807) is 24.3 Å². The molecule has 0 N–H and O–H groups in total. The van der Waals surface area contributed by atoms with Crippen molar-refractivity contribution in [1.29, 1.82) is 0 Å². The fraction of sp³-hybridized carbons (Fsp3) is 0.273. The van der Waals surface area contributed by atoms with Crippen molar-refractivity contribution in [3.63, 3.8) is 0 Å². The number of ether oxygens (including phenoxy) is 2. The molecule has 2 aromatic rings. The number of hydrogen-bond acceptors (Lipinski definition) is 4. The number of carbonyl (C=O) groups is 2. The first kappa shape index (κ1) is 18.9. The van der Waals surface area contributed by atoms with Crippen LogP contribution >= 0.6 is 0 Å². The zero-order valence-electron chi connectivity index (χ0n) is 15.1. The Balaban J connectivity index is 1.48. The van der Waals surface area contributed by atoms with Gasteiger partial charge in [-0.1, -0.05) is 48.5 Å². The van der Waals surface area contributed by atoms with Gasteiger partial charge in [0.2, 0.25) is 0 Å². The number of allylic oxidation sites excluding steroid dienone is 1. The van der Waals surface area contributed by atoms with Crippen molar-refractivity contribution in [2.45, 2.75) is 31.9 Å². The highest BCUT2D eigenvalue weighted by atomic mass is 16.6. The Morgan fingerprint density at radius 2 is 1.74 bits per heavy atom. The molecule has 2 aromatic carbocycles. The van der Waals surface area contributed by atoms with E-state index in [2.05, 4.69) is 0 Å². The summed E-state index contributed by atoms with van der Waals surface area (Å²) < 4.78 is 11.1. The van der Waals surface area contributed by atoms with E-state index in [0.29, 0.717) is 31.8 Å². The maximum absolute atomic E-state index is 12.5. The molecule has 1 amide bonds. The van der Waals surface area contributed by atoms with E-state index in [9.17, 15) is 9.59 Å². The van der Waals surface area contributed by atoms with Gasteiger partial charge in [-0.2, -0.15) is 0 Å². The minimum Gasteiger partial charge on any atom is -0.410 e. The molecule has 0 spiro atoms. The molecule has 0 fully saturated rings. The number of carbonyl (C=O) groups excluding carboxylic acids is 2. The Labute approximate surface area is 159 Å². The van der Waals surface area contributed by atoms with E-state index >= 15 is 0 Å². The Hall–Kier alpha value is -2.92. The molecule has 0 radical (unpaired) electrons. The molecule has 1 aliphatic rings. The van der Waals surface area contributed by atoms with Crippen LogP contribution in [0.5, 0.6) is 5.75 Å². The van der Waals surface area contributed by atoms with Crippen molar-refractivity contribution in [1.82, 2.24) is 4.90 Å². The van der Waals surface area contributed by atoms with Gasteiger partial charge in [0.15, 0.2) is 5.78 Å². The van der Waals surface area contributed by atoms with E-state index in [1.807, 2.05) is 36.4 Å². The first-order valence-electron chi connectivity index (χ1n) is 9.10. The summed E-state index contributed by atoms with van der Waals surface area (Å²) >= 11 is 0. The average Bonchev–Trinajstić information content (AvgIpc) is 2.69. The predicted octanol–water partition coefficient (Wildman–Crippen LogP) is 4.34. The quantitative estimate of drug-likeness (QED) is 0.685. The molecule has 0 saturated heterocycles. The number of amides is 1. The smallest absolute Gasteiger partial charge is 0.410 e. The summed E-state index contributed by atoms with van der Waals surface area (Å²) in [5.74, 6) is 0.506. The van der Waals surface area contributed by atoms with E-state index in [1.165, 1.54) is 17.2 Å². The summed E-state index contributed by atoms with van der Waals surface area (Å²) in [5.41, 5.74) is 1.13. The minimum atomic E-state index is -0.472. The second-order valence-electron chi connectivity index (χ2n) is 6.41. The first-order chi connectivity index (χ1) is 13.2. The molecule has 27 heavy (non-hydrogen) atoms. The lowest BCUT2D eigenvalue weighted by molar-refractivity contribution is -0.116. The summed E-state index contributed by atoms with van der Waals surface area (Å²) in [5, 5.41) is 0. The summed E-state index contributed by atoms with van der Waals surface area (Å²) in [7, 11) is 0.